The molecule has 0 atom stereocenters. The molecule has 3 rings (SSSR count). The van der Waals surface area contributed by atoms with Crippen LogP contribution >= 0.6 is 12.6 Å². The smallest absolute Gasteiger partial charge is 0.857 e. The summed E-state index contributed by atoms with van der Waals surface area (Å²) in [7, 11) is 0. The fourth-order valence-corrected chi connectivity index (χ4v) is 2.15. The Kier molecular flexibility index (Phi) is 7.95. The van der Waals surface area contributed by atoms with Gasteiger partial charge in [-0.1, -0.05) is 60.7 Å². The van der Waals surface area contributed by atoms with Crippen molar-refractivity contribution in [2.45, 2.75) is 5.16 Å². The molecule has 25 heavy (non-hydrogen) atoms. The van der Waals surface area contributed by atoms with Crippen molar-refractivity contribution in [3.05, 3.63) is 71.8 Å². The minimum atomic E-state index is -0.512. The molecule has 0 amide bonds. The van der Waals surface area contributed by atoms with Crippen LogP contribution in [0.5, 0.6) is 5.88 Å². The third-order valence-corrected chi connectivity index (χ3v) is 3.30. The molecule has 0 bridgehead atoms. The van der Waals surface area contributed by atoms with Crippen LogP contribution in [-0.2, 0) is 0 Å². The first kappa shape index (κ1) is 20.0. The molecule has 118 valence electrons. The Balaban J connectivity index is 0.00000225. The Morgan fingerprint density at radius 3 is 1.88 bits per heavy atom. The van der Waals surface area contributed by atoms with Crippen LogP contribution in [0.1, 0.15) is 11.1 Å². The fourth-order valence-electron chi connectivity index (χ4n) is 1.97. The van der Waals surface area contributed by atoms with Crippen molar-refractivity contribution in [2.24, 2.45) is 9.98 Å². The second kappa shape index (κ2) is 9.96. The first-order chi connectivity index (χ1) is 11.7. The van der Waals surface area contributed by atoms with E-state index in [1.54, 1.807) is 12.4 Å². The van der Waals surface area contributed by atoms with Crippen molar-refractivity contribution in [2.75, 3.05) is 0 Å². The molecular formula is C18H13KN4OS. The number of thiol groups is 1. The third-order valence-electron chi connectivity index (χ3n) is 3.10. The number of hydrogen-bond donors (Lipinski definition) is 1. The van der Waals surface area contributed by atoms with Crippen LogP contribution in [0.4, 0.5) is 11.5 Å². The maximum Gasteiger partial charge on any atom is 1.00 e. The summed E-state index contributed by atoms with van der Waals surface area (Å²) in [6.45, 7) is 0. The van der Waals surface area contributed by atoms with E-state index in [1.807, 2.05) is 60.7 Å². The summed E-state index contributed by atoms with van der Waals surface area (Å²) in [6.07, 6.45) is 3.20. The van der Waals surface area contributed by atoms with Gasteiger partial charge in [-0.2, -0.15) is 0 Å². The summed E-state index contributed by atoms with van der Waals surface area (Å²) >= 11 is 4.04. The van der Waals surface area contributed by atoms with Crippen molar-refractivity contribution < 1.29 is 56.5 Å². The van der Waals surface area contributed by atoms with Gasteiger partial charge in [-0.3, -0.25) is 4.99 Å². The summed E-state index contributed by atoms with van der Waals surface area (Å²) in [6, 6.07) is 19.0. The Bertz CT molecular complexity index is 886. The van der Waals surface area contributed by atoms with E-state index in [-0.39, 0.29) is 68.0 Å². The van der Waals surface area contributed by atoms with Gasteiger partial charge in [0.15, 0.2) is 11.0 Å². The molecule has 0 saturated carbocycles. The molecule has 2 aromatic carbocycles. The summed E-state index contributed by atoms with van der Waals surface area (Å²) in [5.41, 5.74) is 1.84. The van der Waals surface area contributed by atoms with Crippen molar-refractivity contribution in [1.29, 1.82) is 0 Å². The zero-order chi connectivity index (χ0) is 16.8. The molecule has 0 unspecified atom stereocenters. The van der Waals surface area contributed by atoms with Gasteiger partial charge in [0.05, 0.1) is 0 Å². The Labute approximate surface area is 193 Å². The van der Waals surface area contributed by atoms with Gasteiger partial charge in [-0.05, 0) is 11.1 Å². The number of benzene rings is 2. The first-order valence-corrected chi connectivity index (χ1v) is 7.63. The maximum absolute atomic E-state index is 12.1. The van der Waals surface area contributed by atoms with Crippen LogP contribution in [0, 0.1) is 0 Å². The minimum Gasteiger partial charge on any atom is -0.857 e. The molecular weight excluding hydrogens is 359 g/mol. The average molecular weight is 372 g/mol. The maximum atomic E-state index is 12.1. The van der Waals surface area contributed by atoms with E-state index in [4.69, 9.17) is 0 Å². The second-order valence-corrected chi connectivity index (χ2v) is 5.24. The van der Waals surface area contributed by atoms with Crippen LogP contribution in [-0.4, -0.2) is 22.4 Å². The van der Waals surface area contributed by atoms with Gasteiger partial charge in [-0.15, -0.1) is 12.6 Å². The topological polar surface area (TPSA) is 73.6 Å². The van der Waals surface area contributed by atoms with Crippen LogP contribution in [0.15, 0.2) is 75.8 Å². The van der Waals surface area contributed by atoms with Gasteiger partial charge in [0.2, 0.25) is 0 Å². The fraction of sp³-hybridized carbons (Fsp3) is 0. The van der Waals surface area contributed by atoms with Gasteiger partial charge < -0.3 is 5.11 Å². The van der Waals surface area contributed by atoms with E-state index in [1.165, 1.54) is 0 Å². The summed E-state index contributed by atoms with van der Waals surface area (Å²) in [5, 5.41) is 12.2. The van der Waals surface area contributed by atoms with Crippen LogP contribution in [0.3, 0.4) is 0 Å². The largest absolute Gasteiger partial charge is 1.00 e. The predicted molar refractivity (Wildman–Crippen MR) is 96.1 cm³/mol. The molecule has 0 fully saturated rings. The second-order valence-electron chi connectivity index (χ2n) is 4.84. The van der Waals surface area contributed by atoms with Crippen LogP contribution in [0.2, 0.25) is 0 Å². The SMILES string of the molecule is [K+].[O-]c1nc(S)nc(N=Cc2ccccc2)c1N=Cc1ccccc1. The summed E-state index contributed by atoms with van der Waals surface area (Å²) in [4.78, 5) is 16.3. The van der Waals surface area contributed by atoms with Gasteiger partial charge in [0.25, 0.3) is 0 Å². The molecule has 0 aliphatic carbocycles. The third kappa shape index (κ3) is 5.84. The van der Waals surface area contributed by atoms with Crippen molar-refractivity contribution in [3.8, 4) is 5.88 Å². The Hall–Kier alpha value is -1.35. The molecule has 1 aromatic heterocycles. The number of aromatic nitrogens is 2. The predicted octanol–water partition coefficient (Wildman–Crippen LogP) is 0.344. The average Bonchev–Trinajstić information content (AvgIpc) is 2.61. The quantitative estimate of drug-likeness (QED) is 0.311. The summed E-state index contributed by atoms with van der Waals surface area (Å²) in [5.74, 6) is -0.321. The monoisotopic (exact) mass is 372 g/mol. The van der Waals surface area contributed by atoms with Crippen molar-refractivity contribution >= 4 is 36.6 Å². The van der Waals surface area contributed by atoms with Gasteiger partial charge in [0, 0.05) is 18.3 Å². The molecule has 7 heteroatoms. The van der Waals surface area contributed by atoms with E-state index in [0.717, 1.165) is 11.1 Å². The summed E-state index contributed by atoms with van der Waals surface area (Å²) < 4.78 is 0. The Morgan fingerprint density at radius 2 is 1.32 bits per heavy atom. The molecule has 5 nitrogen and oxygen atoms in total. The van der Waals surface area contributed by atoms with Crippen molar-refractivity contribution in [1.82, 2.24) is 9.97 Å². The standard InChI is InChI=1S/C18H14N4OS.K/c23-17-15(19-11-13-7-3-1-4-8-13)16(21-18(24)22-17)20-12-14-9-5-2-6-10-14;/h1-12H,(H2,21,22,23,24);/q;+1/p-1. The first-order valence-electron chi connectivity index (χ1n) is 7.18. The van der Waals surface area contributed by atoms with E-state index in [9.17, 15) is 5.11 Å². The van der Waals surface area contributed by atoms with Gasteiger partial charge in [0.1, 0.15) is 5.69 Å². The van der Waals surface area contributed by atoms with E-state index < -0.39 is 5.88 Å². The number of hydrogen-bond acceptors (Lipinski definition) is 6. The molecule has 0 aliphatic heterocycles. The van der Waals surface area contributed by atoms with Crippen molar-refractivity contribution in [3.63, 3.8) is 0 Å². The molecule has 3 aromatic rings. The zero-order valence-corrected chi connectivity index (χ0v) is 17.6. The molecule has 0 spiro atoms. The van der Waals surface area contributed by atoms with Gasteiger partial charge in [-0.25, -0.2) is 15.0 Å². The molecule has 0 aliphatic rings. The van der Waals surface area contributed by atoms with E-state index >= 15 is 0 Å². The Morgan fingerprint density at radius 1 is 0.800 bits per heavy atom. The van der Waals surface area contributed by atoms with Gasteiger partial charge >= 0.3 is 51.4 Å². The molecule has 0 saturated heterocycles. The minimum absolute atomic E-state index is 0. The van der Waals surface area contributed by atoms with E-state index in [2.05, 4.69) is 32.6 Å². The zero-order valence-electron chi connectivity index (χ0n) is 13.6. The number of nitrogens with zero attached hydrogens (tertiary/aromatic N) is 4. The normalized spacial score (nSPS) is 10.9. The molecule has 0 N–H and O–H groups in total. The van der Waals surface area contributed by atoms with E-state index in [0.29, 0.717) is 0 Å². The molecule has 0 radical (unpaired) electrons. The van der Waals surface area contributed by atoms with Crippen LogP contribution in [0.25, 0.3) is 0 Å². The van der Waals surface area contributed by atoms with Crippen LogP contribution < -0.4 is 56.5 Å². The number of aliphatic imine (C=N–C) groups is 2. The number of rotatable bonds is 4. The molecule has 1 heterocycles.